The van der Waals surface area contributed by atoms with Crippen LogP contribution in [-0.2, 0) is 6.54 Å². The molecule has 0 N–H and O–H groups in total. The number of pyridine rings is 1. The van der Waals surface area contributed by atoms with Crippen molar-refractivity contribution in [2.24, 2.45) is 0 Å². The standard InChI is InChI=1S/C27H25F3N6O2/c1-34-11-13-35(14-12-34)27(37)36(22-4-2-3-19(15-22)18-7-9-31-10-8-18)17-21-6-5-20(16-23(21)28)25-32-33-26(38-25)24(29)30/h2-10,15-16,24H,11-14,17H2,1H3. The van der Waals surface area contributed by atoms with E-state index >= 15 is 4.39 Å². The Bertz CT molecular complexity index is 1410. The fraction of sp³-hybridized carbons (Fsp3) is 0.259. The van der Waals surface area contributed by atoms with E-state index in [1.165, 1.54) is 12.1 Å². The summed E-state index contributed by atoms with van der Waals surface area (Å²) in [4.78, 5) is 23.2. The van der Waals surface area contributed by atoms with Crippen LogP contribution in [-0.4, -0.2) is 64.2 Å². The van der Waals surface area contributed by atoms with Crippen molar-refractivity contribution in [1.29, 1.82) is 0 Å². The summed E-state index contributed by atoms with van der Waals surface area (Å²) < 4.78 is 45.8. The first kappa shape index (κ1) is 25.4. The van der Waals surface area contributed by atoms with Crippen LogP contribution in [0.2, 0.25) is 0 Å². The van der Waals surface area contributed by atoms with Crippen molar-refractivity contribution in [3.8, 4) is 22.6 Å². The highest BCUT2D eigenvalue weighted by Gasteiger charge is 2.27. The van der Waals surface area contributed by atoms with Crippen molar-refractivity contribution < 1.29 is 22.4 Å². The second kappa shape index (κ2) is 11.0. The van der Waals surface area contributed by atoms with Gasteiger partial charge in [-0.15, -0.1) is 10.2 Å². The number of aromatic nitrogens is 3. The van der Waals surface area contributed by atoms with Gasteiger partial charge in [0.05, 0.1) is 6.54 Å². The van der Waals surface area contributed by atoms with Crippen molar-refractivity contribution >= 4 is 11.7 Å². The summed E-state index contributed by atoms with van der Waals surface area (Å²) >= 11 is 0. The highest BCUT2D eigenvalue weighted by molar-refractivity contribution is 5.93. The third-order valence-corrected chi connectivity index (χ3v) is 6.43. The van der Waals surface area contributed by atoms with Crippen LogP contribution < -0.4 is 4.90 Å². The maximum atomic E-state index is 15.3. The van der Waals surface area contributed by atoms with Crippen molar-refractivity contribution in [2.45, 2.75) is 13.0 Å². The minimum Gasteiger partial charge on any atom is -0.415 e. The van der Waals surface area contributed by atoms with Crippen LogP contribution in [0, 0.1) is 5.82 Å². The van der Waals surface area contributed by atoms with Gasteiger partial charge >= 0.3 is 12.5 Å². The minimum atomic E-state index is -2.92. The zero-order chi connectivity index (χ0) is 26.6. The molecule has 0 radical (unpaired) electrons. The SMILES string of the molecule is CN1CCN(C(=O)N(Cc2ccc(-c3nnc(C(F)F)o3)cc2F)c2cccc(-c3ccncc3)c2)CC1. The third kappa shape index (κ3) is 5.52. The van der Waals surface area contributed by atoms with Crippen molar-refractivity contribution in [3.05, 3.63) is 84.3 Å². The summed E-state index contributed by atoms with van der Waals surface area (Å²) in [5, 5.41) is 6.87. The fourth-order valence-electron chi connectivity index (χ4n) is 4.25. The summed E-state index contributed by atoms with van der Waals surface area (Å²) in [6.07, 6.45) is 0.469. The van der Waals surface area contributed by atoms with E-state index in [0.29, 0.717) is 18.8 Å². The summed E-state index contributed by atoms with van der Waals surface area (Å²) in [6.45, 7) is 2.56. The minimum absolute atomic E-state index is 0.0385. The number of alkyl halides is 2. The largest absolute Gasteiger partial charge is 0.415 e. The lowest BCUT2D eigenvalue weighted by Gasteiger charge is -2.36. The van der Waals surface area contributed by atoms with Gasteiger partial charge in [-0.05, 0) is 54.6 Å². The first-order valence-corrected chi connectivity index (χ1v) is 12.0. The Hall–Kier alpha value is -4.25. The van der Waals surface area contributed by atoms with Gasteiger partial charge in [-0.2, -0.15) is 8.78 Å². The van der Waals surface area contributed by atoms with Crippen LogP contribution >= 0.6 is 0 Å². The molecule has 4 aromatic rings. The van der Waals surface area contributed by atoms with E-state index in [-0.39, 0.29) is 29.6 Å². The van der Waals surface area contributed by atoms with Crippen molar-refractivity contribution in [3.63, 3.8) is 0 Å². The molecule has 1 aliphatic rings. The predicted molar refractivity (Wildman–Crippen MR) is 135 cm³/mol. The maximum absolute atomic E-state index is 15.3. The average molecular weight is 523 g/mol. The monoisotopic (exact) mass is 522 g/mol. The van der Waals surface area contributed by atoms with E-state index in [4.69, 9.17) is 4.42 Å². The predicted octanol–water partition coefficient (Wildman–Crippen LogP) is 5.25. The molecule has 1 aliphatic heterocycles. The van der Waals surface area contributed by atoms with E-state index < -0.39 is 18.1 Å². The first-order valence-electron chi connectivity index (χ1n) is 12.0. The summed E-state index contributed by atoms with van der Waals surface area (Å²) in [5.41, 5.74) is 2.86. The molecule has 11 heteroatoms. The zero-order valence-electron chi connectivity index (χ0n) is 20.6. The highest BCUT2D eigenvalue weighted by atomic mass is 19.3. The molecule has 5 rings (SSSR count). The first-order chi connectivity index (χ1) is 18.4. The molecule has 2 amide bonds. The number of piperazine rings is 1. The van der Waals surface area contributed by atoms with Gasteiger partial charge in [-0.3, -0.25) is 9.88 Å². The number of benzene rings is 2. The quantitative estimate of drug-likeness (QED) is 0.344. The van der Waals surface area contributed by atoms with Gasteiger partial charge in [0.1, 0.15) is 5.82 Å². The molecule has 0 spiro atoms. The van der Waals surface area contributed by atoms with Gasteiger partial charge in [-0.1, -0.05) is 18.2 Å². The zero-order valence-corrected chi connectivity index (χ0v) is 20.6. The molecule has 0 saturated carbocycles. The normalized spacial score (nSPS) is 14.2. The number of rotatable bonds is 6. The number of likely N-dealkylation sites (N-methyl/N-ethyl adjacent to an activating group) is 1. The molecule has 2 aromatic carbocycles. The van der Waals surface area contributed by atoms with Crippen LogP contribution in [0.3, 0.4) is 0 Å². The molecule has 38 heavy (non-hydrogen) atoms. The van der Waals surface area contributed by atoms with Gasteiger partial charge in [0.2, 0.25) is 5.89 Å². The van der Waals surface area contributed by atoms with Crippen LogP contribution in [0.4, 0.5) is 23.7 Å². The highest BCUT2D eigenvalue weighted by Crippen LogP contribution is 2.29. The van der Waals surface area contributed by atoms with Crippen LogP contribution in [0.25, 0.3) is 22.6 Å². The second-order valence-electron chi connectivity index (χ2n) is 9.00. The number of anilines is 1. The Kier molecular flexibility index (Phi) is 7.36. The topological polar surface area (TPSA) is 78.6 Å². The summed E-state index contributed by atoms with van der Waals surface area (Å²) in [5.74, 6) is -1.66. The summed E-state index contributed by atoms with van der Waals surface area (Å²) in [7, 11) is 2.00. The number of amides is 2. The molecule has 2 aromatic heterocycles. The van der Waals surface area contributed by atoms with Gasteiger partial charge in [-0.25, -0.2) is 9.18 Å². The molecular weight excluding hydrogens is 497 g/mol. The molecular formula is C27H25F3N6O2. The Morgan fingerprint density at radius 2 is 1.74 bits per heavy atom. The van der Waals surface area contributed by atoms with Crippen LogP contribution in [0.5, 0.6) is 0 Å². The molecule has 0 unspecified atom stereocenters. The third-order valence-electron chi connectivity index (χ3n) is 6.43. The Labute approximate surface area is 217 Å². The van der Waals surface area contributed by atoms with E-state index in [1.54, 1.807) is 22.2 Å². The maximum Gasteiger partial charge on any atom is 0.324 e. The number of nitrogens with zero attached hydrogens (tertiary/aromatic N) is 6. The van der Waals surface area contributed by atoms with Gasteiger partial charge in [0.15, 0.2) is 0 Å². The Morgan fingerprint density at radius 3 is 2.42 bits per heavy atom. The number of carbonyl (C=O) groups excluding carboxylic acids is 1. The van der Waals surface area contributed by atoms with E-state index in [0.717, 1.165) is 30.3 Å². The Morgan fingerprint density at radius 1 is 0.974 bits per heavy atom. The van der Waals surface area contributed by atoms with Crippen LogP contribution in [0.15, 0.2) is 71.4 Å². The molecule has 8 nitrogen and oxygen atoms in total. The Balaban J connectivity index is 1.46. The van der Waals surface area contributed by atoms with Gasteiger partial charge < -0.3 is 14.2 Å². The lowest BCUT2D eigenvalue weighted by atomic mass is 10.1. The molecule has 0 bridgehead atoms. The number of halogens is 3. The van der Waals surface area contributed by atoms with Crippen molar-refractivity contribution in [2.75, 3.05) is 38.1 Å². The van der Waals surface area contributed by atoms with E-state index in [9.17, 15) is 13.6 Å². The summed E-state index contributed by atoms with van der Waals surface area (Å²) in [6, 6.07) is 15.2. The number of carbonyl (C=O) groups is 1. The van der Waals surface area contributed by atoms with E-state index in [2.05, 4.69) is 20.1 Å². The molecule has 1 saturated heterocycles. The van der Waals surface area contributed by atoms with Crippen LogP contribution in [0.1, 0.15) is 17.9 Å². The number of urea groups is 1. The lowest BCUT2D eigenvalue weighted by molar-refractivity contribution is 0.116. The molecule has 3 heterocycles. The lowest BCUT2D eigenvalue weighted by Crippen LogP contribution is -2.52. The fourth-order valence-corrected chi connectivity index (χ4v) is 4.25. The molecule has 0 aliphatic carbocycles. The number of hydrogen-bond acceptors (Lipinski definition) is 6. The van der Waals surface area contributed by atoms with Crippen molar-refractivity contribution in [1.82, 2.24) is 25.0 Å². The van der Waals surface area contributed by atoms with Gasteiger partial charge in [0.25, 0.3) is 5.89 Å². The number of hydrogen-bond donors (Lipinski definition) is 0. The average Bonchev–Trinajstić information content (AvgIpc) is 3.44. The smallest absolute Gasteiger partial charge is 0.324 e. The molecule has 0 atom stereocenters. The second-order valence-corrected chi connectivity index (χ2v) is 9.00. The molecule has 196 valence electrons. The molecule has 1 fully saturated rings. The van der Waals surface area contributed by atoms with E-state index in [1.807, 2.05) is 43.4 Å². The van der Waals surface area contributed by atoms with Gasteiger partial charge in [0, 0.05) is 55.4 Å².